The number of aromatic nitrogens is 3. The van der Waals surface area contributed by atoms with E-state index in [1.54, 1.807) is 18.2 Å². The number of anilines is 2. The molecule has 2 heterocycles. The molecule has 7 nitrogen and oxygen atoms in total. The number of nitrogens with one attached hydrogen (secondary N) is 1. The summed E-state index contributed by atoms with van der Waals surface area (Å²) in [6.07, 6.45) is 6.21. The highest BCUT2D eigenvalue weighted by Crippen LogP contribution is 2.18. The van der Waals surface area contributed by atoms with Gasteiger partial charge in [0.15, 0.2) is 5.82 Å². The van der Waals surface area contributed by atoms with Gasteiger partial charge in [-0.2, -0.15) is 15.0 Å². The third-order valence-corrected chi connectivity index (χ3v) is 4.44. The van der Waals surface area contributed by atoms with Crippen LogP contribution in [0.3, 0.4) is 0 Å². The van der Waals surface area contributed by atoms with Crippen LogP contribution in [0.15, 0.2) is 30.3 Å². The van der Waals surface area contributed by atoms with Gasteiger partial charge in [-0.15, -0.1) is 0 Å². The van der Waals surface area contributed by atoms with Crippen molar-refractivity contribution < 1.29 is 9.18 Å². The number of halogens is 1. The van der Waals surface area contributed by atoms with Crippen LogP contribution in [0.25, 0.3) is 6.08 Å². The van der Waals surface area contributed by atoms with Crippen LogP contribution < -0.4 is 15.1 Å². The Morgan fingerprint density at radius 1 is 1.18 bits per heavy atom. The molecule has 0 saturated carbocycles. The van der Waals surface area contributed by atoms with Crippen LogP contribution in [0.5, 0.6) is 0 Å². The van der Waals surface area contributed by atoms with Gasteiger partial charge in [0.1, 0.15) is 5.82 Å². The van der Waals surface area contributed by atoms with Crippen LogP contribution >= 0.6 is 0 Å². The first kappa shape index (κ1) is 19.7. The molecule has 0 bridgehead atoms. The molecule has 1 aliphatic rings. The van der Waals surface area contributed by atoms with E-state index in [2.05, 4.69) is 25.2 Å². The average Bonchev–Trinajstić information content (AvgIpc) is 2.72. The predicted molar refractivity (Wildman–Crippen MR) is 107 cm³/mol. The second kappa shape index (κ2) is 9.25. The summed E-state index contributed by atoms with van der Waals surface area (Å²) in [6.45, 7) is 2.02. The van der Waals surface area contributed by atoms with Crippen molar-refractivity contribution >= 4 is 23.9 Å². The molecule has 1 aliphatic heterocycles. The summed E-state index contributed by atoms with van der Waals surface area (Å²) < 4.78 is 13.6. The Labute approximate surface area is 164 Å². The minimum absolute atomic E-state index is 0.171. The zero-order valence-corrected chi connectivity index (χ0v) is 16.2. The van der Waals surface area contributed by atoms with Crippen molar-refractivity contribution in [1.82, 2.24) is 20.3 Å². The Kier molecular flexibility index (Phi) is 6.52. The normalized spacial score (nSPS) is 14.3. The Balaban J connectivity index is 1.68. The lowest BCUT2D eigenvalue weighted by molar-refractivity contribution is -0.116. The van der Waals surface area contributed by atoms with Crippen LogP contribution in [0.2, 0.25) is 0 Å². The summed E-state index contributed by atoms with van der Waals surface area (Å²) >= 11 is 0. The van der Waals surface area contributed by atoms with Crippen LogP contribution in [0.4, 0.5) is 16.3 Å². The summed E-state index contributed by atoms with van der Waals surface area (Å²) in [5.41, 5.74) is 0.361. The fourth-order valence-corrected chi connectivity index (χ4v) is 2.91. The molecule has 3 rings (SSSR count). The number of rotatable bonds is 6. The lowest BCUT2D eigenvalue weighted by atomic mass is 10.1. The van der Waals surface area contributed by atoms with E-state index in [1.807, 2.05) is 19.0 Å². The van der Waals surface area contributed by atoms with Crippen LogP contribution in [0.1, 0.15) is 30.7 Å². The standard InChI is InChI=1S/C20H25FN6O/c1-26(2)19-23-17(24-20(25-19)27-12-6-3-7-13-27)14-22-18(28)11-10-15-8-4-5-9-16(15)21/h4-5,8-11H,3,6-7,12-14H2,1-2H3,(H,22,28)/b11-10+. The van der Waals surface area contributed by atoms with Crippen LogP contribution in [-0.2, 0) is 11.3 Å². The Bertz CT molecular complexity index is 848. The summed E-state index contributed by atoms with van der Waals surface area (Å²) in [5, 5.41) is 2.75. The molecular weight excluding hydrogens is 359 g/mol. The van der Waals surface area contributed by atoms with E-state index < -0.39 is 0 Å². The predicted octanol–water partition coefficient (Wildman–Crippen LogP) is 2.40. The molecule has 0 aliphatic carbocycles. The molecule has 0 radical (unpaired) electrons. The summed E-state index contributed by atoms with van der Waals surface area (Å²) in [5.74, 6) is 0.985. The largest absolute Gasteiger partial charge is 0.347 e. The third kappa shape index (κ3) is 5.25. The number of piperidine rings is 1. The molecule has 0 atom stereocenters. The highest BCUT2D eigenvalue weighted by Gasteiger charge is 2.17. The number of carbonyl (C=O) groups is 1. The van der Waals surface area contributed by atoms with E-state index in [4.69, 9.17) is 0 Å². The van der Waals surface area contributed by atoms with E-state index in [0.29, 0.717) is 23.3 Å². The maximum atomic E-state index is 13.6. The zero-order valence-electron chi connectivity index (χ0n) is 16.2. The molecule has 1 amide bonds. The van der Waals surface area contributed by atoms with Crippen molar-refractivity contribution in [3.63, 3.8) is 0 Å². The quantitative estimate of drug-likeness (QED) is 0.771. The topological polar surface area (TPSA) is 74.2 Å². The van der Waals surface area contributed by atoms with E-state index in [0.717, 1.165) is 25.9 Å². The van der Waals surface area contributed by atoms with Gasteiger partial charge in [0.25, 0.3) is 0 Å². The Hall–Kier alpha value is -3.03. The van der Waals surface area contributed by atoms with Crippen molar-refractivity contribution in [2.24, 2.45) is 0 Å². The second-order valence-corrected chi connectivity index (χ2v) is 6.87. The smallest absolute Gasteiger partial charge is 0.244 e. The second-order valence-electron chi connectivity index (χ2n) is 6.87. The SMILES string of the molecule is CN(C)c1nc(CNC(=O)/C=C/c2ccccc2F)nc(N2CCCCC2)n1. The third-order valence-electron chi connectivity index (χ3n) is 4.44. The maximum absolute atomic E-state index is 13.6. The highest BCUT2D eigenvalue weighted by atomic mass is 19.1. The summed E-state index contributed by atoms with van der Waals surface area (Å²) in [7, 11) is 3.74. The Morgan fingerprint density at radius 3 is 2.64 bits per heavy atom. The summed E-state index contributed by atoms with van der Waals surface area (Å²) in [6, 6.07) is 6.29. The van der Waals surface area contributed by atoms with E-state index >= 15 is 0 Å². The van der Waals surface area contributed by atoms with Crippen molar-refractivity contribution in [3.8, 4) is 0 Å². The van der Waals surface area contributed by atoms with Gasteiger partial charge in [0.05, 0.1) is 6.54 Å². The minimum atomic E-state index is -0.370. The molecule has 148 valence electrons. The molecule has 8 heteroatoms. The number of nitrogens with zero attached hydrogens (tertiary/aromatic N) is 5. The fourth-order valence-electron chi connectivity index (χ4n) is 2.91. The van der Waals surface area contributed by atoms with Gasteiger partial charge in [0, 0.05) is 38.8 Å². The molecule has 1 N–H and O–H groups in total. The van der Waals surface area contributed by atoms with Gasteiger partial charge in [-0.05, 0) is 31.4 Å². The fraction of sp³-hybridized carbons (Fsp3) is 0.400. The Morgan fingerprint density at radius 2 is 1.93 bits per heavy atom. The van der Waals surface area contributed by atoms with Gasteiger partial charge in [0.2, 0.25) is 17.8 Å². The van der Waals surface area contributed by atoms with Crippen molar-refractivity contribution in [1.29, 1.82) is 0 Å². The zero-order chi connectivity index (χ0) is 19.9. The van der Waals surface area contributed by atoms with E-state index in [1.165, 1.54) is 24.6 Å². The van der Waals surface area contributed by atoms with Gasteiger partial charge >= 0.3 is 0 Å². The van der Waals surface area contributed by atoms with E-state index in [-0.39, 0.29) is 18.3 Å². The van der Waals surface area contributed by atoms with Gasteiger partial charge in [-0.1, -0.05) is 18.2 Å². The van der Waals surface area contributed by atoms with Crippen LogP contribution in [-0.4, -0.2) is 48.0 Å². The molecule has 1 saturated heterocycles. The van der Waals surface area contributed by atoms with Crippen LogP contribution in [0, 0.1) is 5.82 Å². The molecule has 0 spiro atoms. The molecular formula is C20H25FN6O. The van der Waals surface area contributed by atoms with Gasteiger partial charge < -0.3 is 15.1 Å². The molecule has 2 aromatic rings. The lowest BCUT2D eigenvalue weighted by Crippen LogP contribution is -2.32. The maximum Gasteiger partial charge on any atom is 0.244 e. The number of carbonyl (C=O) groups excluding carboxylic acids is 1. The molecule has 1 fully saturated rings. The number of hydrogen-bond acceptors (Lipinski definition) is 6. The van der Waals surface area contributed by atoms with Crippen molar-refractivity contribution in [3.05, 3.63) is 47.5 Å². The first-order chi connectivity index (χ1) is 13.5. The highest BCUT2D eigenvalue weighted by molar-refractivity contribution is 5.91. The molecule has 28 heavy (non-hydrogen) atoms. The number of benzene rings is 1. The van der Waals surface area contributed by atoms with Crippen molar-refractivity contribution in [2.75, 3.05) is 37.0 Å². The molecule has 1 aromatic heterocycles. The van der Waals surface area contributed by atoms with E-state index in [9.17, 15) is 9.18 Å². The summed E-state index contributed by atoms with van der Waals surface area (Å²) in [4.78, 5) is 29.5. The first-order valence-electron chi connectivity index (χ1n) is 9.40. The molecule has 0 unspecified atom stereocenters. The first-order valence-corrected chi connectivity index (χ1v) is 9.40. The monoisotopic (exact) mass is 384 g/mol. The van der Waals surface area contributed by atoms with Crippen molar-refractivity contribution in [2.45, 2.75) is 25.8 Å². The number of amides is 1. The lowest BCUT2D eigenvalue weighted by Gasteiger charge is -2.27. The van der Waals surface area contributed by atoms with Gasteiger partial charge in [-0.25, -0.2) is 4.39 Å². The molecule has 1 aromatic carbocycles. The van der Waals surface area contributed by atoms with Gasteiger partial charge in [-0.3, -0.25) is 4.79 Å². The minimum Gasteiger partial charge on any atom is -0.347 e. The average molecular weight is 384 g/mol. The number of hydrogen-bond donors (Lipinski definition) is 1.